The summed E-state index contributed by atoms with van der Waals surface area (Å²) in [6.07, 6.45) is 6.17. The second-order valence-corrected chi connectivity index (χ2v) is 11.0. The van der Waals surface area contributed by atoms with Gasteiger partial charge in [0.25, 0.3) is 0 Å². The lowest BCUT2D eigenvalue weighted by atomic mass is 9.57. The molecule has 2 unspecified atom stereocenters. The maximum absolute atomic E-state index is 14.5. The highest BCUT2D eigenvalue weighted by molar-refractivity contribution is 5.98. The van der Waals surface area contributed by atoms with Crippen molar-refractivity contribution in [1.29, 1.82) is 0 Å². The number of hydrogen-bond donors (Lipinski definition) is 2. The van der Waals surface area contributed by atoms with Gasteiger partial charge < -0.3 is 10.1 Å². The predicted octanol–water partition coefficient (Wildman–Crippen LogP) is 7.40. The molecular weight excluding hydrogens is 496 g/mol. The summed E-state index contributed by atoms with van der Waals surface area (Å²) in [5, 5.41) is 11.4. The Bertz CT molecular complexity index is 1720. The number of nitrogens with zero attached hydrogens (tertiary/aromatic N) is 2. The molecule has 3 aliphatic carbocycles. The Morgan fingerprint density at radius 3 is 2.44 bits per heavy atom. The molecule has 196 valence electrons. The topological polar surface area (TPSA) is 78.9 Å². The molecule has 5 nitrogen and oxygen atoms in total. The van der Waals surface area contributed by atoms with Crippen molar-refractivity contribution in [3.05, 3.63) is 84.2 Å². The first-order valence-electron chi connectivity index (χ1n) is 13.5. The molecule has 39 heavy (non-hydrogen) atoms. The van der Waals surface area contributed by atoms with Crippen LogP contribution < -0.4 is 0 Å². The smallest absolute Gasteiger partial charge is 0.307 e. The normalized spacial score (nSPS) is 22.5. The number of aromatic amines is 1. The highest BCUT2D eigenvalue weighted by Gasteiger charge is 2.47. The molecule has 8 rings (SSSR count). The van der Waals surface area contributed by atoms with Crippen LogP contribution in [-0.4, -0.2) is 26.0 Å². The van der Waals surface area contributed by atoms with Crippen LogP contribution in [0.5, 0.6) is 0 Å². The molecule has 5 aromatic rings. The standard InChI is InChI=1S/C32H27F2N3O2/c33-20-13-24-25(16-35-30(24)26(34)14-20)31-36-27(15-23-18-9-11-19(12-10-18)28(23)32(38)39)22-8-4-7-21(29(22)37-31)17-5-2-1-3-6-17/h1-8,13-14,16,18-19,23,28,35H,9-12,15H2,(H,38,39). The van der Waals surface area contributed by atoms with Crippen LogP contribution in [0.25, 0.3) is 44.3 Å². The van der Waals surface area contributed by atoms with E-state index >= 15 is 0 Å². The maximum atomic E-state index is 14.5. The fraction of sp³-hybridized carbons (Fsp3) is 0.281. The van der Waals surface area contributed by atoms with E-state index in [-0.39, 0.29) is 23.3 Å². The Morgan fingerprint density at radius 2 is 1.67 bits per heavy atom. The summed E-state index contributed by atoms with van der Waals surface area (Å²) in [4.78, 5) is 25.3. The van der Waals surface area contributed by atoms with Crippen LogP contribution in [0, 0.1) is 35.3 Å². The Balaban J connectivity index is 1.45. The summed E-state index contributed by atoms with van der Waals surface area (Å²) < 4.78 is 28.8. The molecule has 7 heteroatoms. The number of aromatic nitrogens is 3. The fourth-order valence-corrected chi connectivity index (χ4v) is 7.16. The Hall–Kier alpha value is -4.13. The van der Waals surface area contributed by atoms with Gasteiger partial charge in [0.2, 0.25) is 0 Å². The highest BCUT2D eigenvalue weighted by atomic mass is 19.1. The molecule has 3 aromatic carbocycles. The zero-order chi connectivity index (χ0) is 26.7. The molecule has 2 heterocycles. The molecule has 3 fully saturated rings. The Labute approximate surface area is 223 Å². The van der Waals surface area contributed by atoms with Crippen LogP contribution in [0.2, 0.25) is 0 Å². The molecule has 2 atom stereocenters. The minimum absolute atomic E-state index is 0.0146. The van der Waals surface area contributed by atoms with Gasteiger partial charge in [0.1, 0.15) is 11.6 Å². The van der Waals surface area contributed by atoms with Crippen LogP contribution in [0.4, 0.5) is 8.78 Å². The van der Waals surface area contributed by atoms with Gasteiger partial charge in [-0.05, 0) is 61.5 Å². The zero-order valence-corrected chi connectivity index (χ0v) is 21.2. The van der Waals surface area contributed by atoms with Crippen LogP contribution in [-0.2, 0) is 11.2 Å². The first kappa shape index (κ1) is 23.9. The van der Waals surface area contributed by atoms with E-state index in [4.69, 9.17) is 9.97 Å². The quantitative estimate of drug-likeness (QED) is 0.252. The van der Waals surface area contributed by atoms with E-state index in [9.17, 15) is 18.7 Å². The number of H-pyrrole nitrogens is 1. The molecule has 0 saturated heterocycles. The van der Waals surface area contributed by atoms with Gasteiger partial charge in [0, 0.05) is 34.2 Å². The average Bonchev–Trinajstić information content (AvgIpc) is 3.38. The number of aliphatic carboxylic acids is 1. The summed E-state index contributed by atoms with van der Waals surface area (Å²) in [5.74, 6) is -1.56. The van der Waals surface area contributed by atoms with Gasteiger partial charge in [-0.2, -0.15) is 0 Å². The van der Waals surface area contributed by atoms with E-state index in [1.54, 1.807) is 6.20 Å². The zero-order valence-electron chi connectivity index (χ0n) is 21.2. The van der Waals surface area contributed by atoms with Crippen molar-refractivity contribution in [3.63, 3.8) is 0 Å². The lowest BCUT2D eigenvalue weighted by Crippen LogP contribution is -2.45. The number of benzene rings is 3. The third-order valence-electron chi connectivity index (χ3n) is 8.94. The largest absolute Gasteiger partial charge is 0.481 e. The van der Waals surface area contributed by atoms with Gasteiger partial charge in [-0.3, -0.25) is 4.79 Å². The van der Waals surface area contributed by atoms with Gasteiger partial charge in [-0.25, -0.2) is 18.7 Å². The van der Waals surface area contributed by atoms with Crippen LogP contribution in [0.1, 0.15) is 31.4 Å². The number of nitrogens with one attached hydrogen (secondary N) is 1. The molecule has 0 radical (unpaired) electrons. The van der Waals surface area contributed by atoms with E-state index in [2.05, 4.69) is 4.98 Å². The van der Waals surface area contributed by atoms with Crippen molar-refractivity contribution in [3.8, 4) is 22.5 Å². The molecule has 0 amide bonds. The van der Waals surface area contributed by atoms with Crippen molar-refractivity contribution >= 4 is 27.8 Å². The van der Waals surface area contributed by atoms with E-state index in [1.165, 1.54) is 6.07 Å². The van der Waals surface area contributed by atoms with Crippen molar-refractivity contribution in [1.82, 2.24) is 15.0 Å². The summed E-state index contributed by atoms with van der Waals surface area (Å²) in [7, 11) is 0. The van der Waals surface area contributed by atoms with Gasteiger partial charge in [0.15, 0.2) is 5.82 Å². The number of carboxylic acid groups (broad SMARTS) is 1. The second-order valence-electron chi connectivity index (χ2n) is 11.0. The van der Waals surface area contributed by atoms with Crippen LogP contribution >= 0.6 is 0 Å². The summed E-state index contributed by atoms with van der Waals surface area (Å²) >= 11 is 0. The van der Waals surface area contributed by atoms with Gasteiger partial charge >= 0.3 is 5.97 Å². The Kier molecular flexibility index (Phi) is 5.69. The minimum Gasteiger partial charge on any atom is -0.481 e. The summed E-state index contributed by atoms with van der Waals surface area (Å²) in [6, 6.07) is 18.1. The number of rotatable bonds is 5. The third-order valence-corrected chi connectivity index (χ3v) is 8.94. The molecule has 0 aliphatic heterocycles. The van der Waals surface area contributed by atoms with Crippen molar-refractivity contribution in [2.75, 3.05) is 0 Å². The van der Waals surface area contributed by atoms with E-state index < -0.39 is 17.6 Å². The molecule has 2 N–H and O–H groups in total. The number of carboxylic acids is 1. The summed E-state index contributed by atoms with van der Waals surface area (Å²) in [6.45, 7) is 0. The molecule has 3 aliphatic rings. The number of hydrogen-bond acceptors (Lipinski definition) is 3. The molecule has 3 saturated carbocycles. The van der Waals surface area contributed by atoms with Crippen molar-refractivity contribution in [2.45, 2.75) is 32.1 Å². The monoisotopic (exact) mass is 523 g/mol. The number of para-hydroxylation sites is 1. The molecule has 2 aromatic heterocycles. The molecular formula is C32H27F2N3O2. The number of halogens is 2. The molecule has 2 bridgehead atoms. The van der Waals surface area contributed by atoms with Crippen molar-refractivity contribution in [2.24, 2.45) is 23.7 Å². The average molecular weight is 524 g/mol. The van der Waals surface area contributed by atoms with E-state index in [1.807, 2.05) is 48.5 Å². The summed E-state index contributed by atoms with van der Waals surface area (Å²) in [5.41, 5.74) is 4.15. The first-order valence-corrected chi connectivity index (χ1v) is 13.5. The first-order chi connectivity index (χ1) is 19.0. The highest BCUT2D eigenvalue weighted by Crippen LogP contribution is 2.50. The van der Waals surface area contributed by atoms with Gasteiger partial charge in [-0.1, -0.05) is 48.5 Å². The second kappa shape index (κ2) is 9.26. The SMILES string of the molecule is O=C(O)C1C2CCC(CC2)C1Cc1nc(-c2c[nH]c3c(F)cc(F)cc23)nc2c(-c3ccccc3)cccc12. The van der Waals surface area contributed by atoms with Gasteiger partial charge in [0.05, 0.1) is 22.6 Å². The number of fused-ring (bicyclic) bond motifs is 5. The van der Waals surface area contributed by atoms with Gasteiger partial charge in [-0.15, -0.1) is 0 Å². The molecule has 0 spiro atoms. The minimum atomic E-state index is -0.722. The van der Waals surface area contributed by atoms with Crippen molar-refractivity contribution < 1.29 is 18.7 Å². The van der Waals surface area contributed by atoms with Crippen LogP contribution in [0.15, 0.2) is 66.9 Å². The number of carbonyl (C=O) groups is 1. The van der Waals surface area contributed by atoms with E-state index in [0.29, 0.717) is 29.1 Å². The third kappa shape index (κ3) is 3.99. The Morgan fingerprint density at radius 1 is 0.897 bits per heavy atom. The van der Waals surface area contributed by atoms with Crippen LogP contribution in [0.3, 0.4) is 0 Å². The fourth-order valence-electron chi connectivity index (χ4n) is 7.16. The lowest BCUT2D eigenvalue weighted by Gasteiger charge is -2.47. The maximum Gasteiger partial charge on any atom is 0.307 e. The predicted molar refractivity (Wildman–Crippen MR) is 146 cm³/mol. The van der Waals surface area contributed by atoms with E-state index in [0.717, 1.165) is 59.5 Å². The lowest BCUT2D eigenvalue weighted by molar-refractivity contribution is -0.152.